The molecule has 1 aromatic heterocycles. The van der Waals surface area contributed by atoms with E-state index in [1.54, 1.807) is 6.92 Å². The van der Waals surface area contributed by atoms with Crippen LogP contribution in [0.25, 0.3) is 0 Å². The molecule has 2 rings (SSSR count). The van der Waals surface area contributed by atoms with Gasteiger partial charge < -0.3 is 10.5 Å². The van der Waals surface area contributed by atoms with Crippen molar-refractivity contribution in [3.63, 3.8) is 0 Å². The van der Waals surface area contributed by atoms with Crippen molar-refractivity contribution < 1.29 is 13.2 Å². The van der Waals surface area contributed by atoms with Gasteiger partial charge in [0.05, 0.1) is 12.0 Å². The first-order chi connectivity index (χ1) is 9.40. The molecule has 0 saturated heterocycles. The topological polar surface area (TPSA) is 107 Å². The van der Waals surface area contributed by atoms with E-state index in [1.165, 1.54) is 37.4 Å². The summed E-state index contributed by atoms with van der Waals surface area (Å²) in [5.41, 5.74) is 6.02. The molecule has 0 amide bonds. The molecule has 2 aromatic rings. The van der Waals surface area contributed by atoms with Gasteiger partial charge in [-0.3, -0.25) is 4.72 Å². The predicted octanol–water partition coefficient (Wildman–Crippen LogP) is 1.18. The highest BCUT2D eigenvalue weighted by Gasteiger charge is 2.15. The molecule has 8 heteroatoms. The Balaban J connectivity index is 2.33. The molecule has 0 saturated carbocycles. The highest BCUT2D eigenvalue weighted by molar-refractivity contribution is 7.92. The summed E-state index contributed by atoms with van der Waals surface area (Å²) >= 11 is 0. The Hall–Kier alpha value is -2.35. The zero-order chi connectivity index (χ0) is 14.8. The number of nitrogens with zero attached hydrogens (tertiary/aromatic N) is 2. The molecule has 7 nitrogen and oxygen atoms in total. The van der Waals surface area contributed by atoms with E-state index in [1.807, 2.05) is 0 Å². The lowest BCUT2D eigenvalue weighted by Crippen LogP contribution is -2.14. The lowest BCUT2D eigenvalue weighted by Gasteiger charge is -2.09. The van der Waals surface area contributed by atoms with Crippen LogP contribution in [0.2, 0.25) is 0 Å². The summed E-state index contributed by atoms with van der Waals surface area (Å²) in [7, 11) is -2.28. The SMILES string of the molecule is COc1cc(NS(=O)(=O)c2ccc(N)cc2)nc(C)n1. The van der Waals surface area contributed by atoms with Crippen LogP contribution in [0.15, 0.2) is 35.2 Å². The van der Waals surface area contributed by atoms with Gasteiger partial charge in [0, 0.05) is 11.8 Å². The minimum absolute atomic E-state index is 0.0990. The summed E-state index contributed by atoms with van der Waals surface area (Å²) in [5, 5.41) is 0. The van der Waals surface area contributed by atoms with E-state index in [-0.39, 0.29) is 16.6 Å². The van der Waals surface area contributed by atoms with E-state index in [0.717, 1.165) is 0 Å². The molecule has 0 bridgehead atoms. The van der Waals surface area contributed by atoms with Crippen LogP contribution in [-0.2, 0) is 10.0 Å². The van der Waals surface area contributed by atoms with E-state index >= 15 is 0 Å². The second kappa shape index (κ2) is 5.33. The molecule has 20 heavy (non-hydrogen) atoms. The monoisotopic (exact) mass is 294 g/mol. The van der Waals surface area contributed by atoms with Gasteiger partial charge in [0.1, 0.15) is 11.6 Å². The summed E-state index contributed by atoms with van der Waals surface area (Å²) in [6.07, 6.45) is 0. The Kier molecular flexibility index (Phi) is 3.75. The zero-order valence-corrected chi connectivity index (χ0v) is 11.8. The molecule has 0 fully saturated rings. The molecule has 0 aliphatic rings. The van der Waals surface area contributed by atoms with Crippen LogP contribution in [0.4, 0.5) is 11.5 Å². The molecule has 0 unspecified atom stereocenters. The van der Waals surface area contributed by atoms with Gasteiger partial charge in [-0.1, -0.05) is 0 Å². The van der Waals surface area contributed by atoms with Gasteiger partial charge in [-0.05, 0) is 31.2 Å². The molecule has 1 aromatic carbocycles. The van der Waals surface area contributed by atoms with Crippen molar-refractivity contribution in [2.24, 2.45) is 0 Å². The number of nitrogen functional groups attached to an aromatic ring is 1. The molecule has 3 N–H and O–H groups in total. The zero-order valence-electron chi connectivity index (χ0n) is 11.0. The van der Waals surface area contributed by atoms with Crippen molar-refractivity contribution in [2.45, 2.75) is 11.8 Å². The minimum Gasteiger partial charge on any atom is -0.481 e. The number of methoxy groups -OCH3 is 1. The van der Waals surface area contributed by atoms with Crippen LogP contribution in [0.1, 0.15) is 5.82 Å². The third-order valence-corrected chi connectivity index (χ3v) is 3.82. The minimum atomic E-state index is -3.72. The highest BCUT2D eigenvalue weighted by Crippen LogP contribution is 2.18. The Morgan fingerprint density at radius 2 is 1.85 bits per heavy atom. The number of rotatable bonds is 4. The maximum atomic E-state index is 12.2. The number of sulfonamides is 1. The Bertz CT molecular complexity index is 714. The molecule has 0 radical (unpaired) electrons. The van der Waals surface area contributed by atoms with Crippen molar-refractivity contribution in [1.29, 1.82) is 0 Å². The van der Waals surface area contributed by atoms with Gasteiger partial charge in [-0.15, -0.1) is 0 Å². The van der Waals surface area contributed by atoms with E-state index in [9.17, 15) is 8.42 Å². The van der Waals surface area contributed by atoms with Crippen molar-refractivity contribution in [3.8, 4) is 5.88 Å². The molecule has 106 valence electrons. The Morgan fingerprint density at radius 1 is 1.20 bits per heavy atom. The summed E-state index contributed by atoms with van der Waals surface area (Å²) in [5.74, 6) is 0.832. The van der Waals surface area contributed by atoms with Gasteiger partial charge in [0.15, 0.2) is 0 Å². The van der Waals surface area contributed by atoms with Gasteiger partial charge in [0.25, 0.3) is 10.0 Å². The van der Waals surface area contributed by atoms with E-state index in [4.69, 9.17) is 10.5 Å². The van der Waals surface area contributed by atoms with Crippen molar-refractivity contribution in [1.82, 2.24) is 9.97 Å². The van der Waals surface area contributed by atoms with Crippen LogP contribution in [0.5, 0.6) is 5.88 Å². The summed E-state index contributed by atoms with van der Waals surface area (Å²) in [4.78, 5) is 8.08. The number of ether oxygens (including phenoxy) is 1. The summed E-state index contributed by atoms with van der Waals surface area (Å²) < 4.78 is 31.7. The Labute approximate surface area is 116 Å². The molecular formula is C12H14N4O3S. The molecule has 0 spiro atoms. The highest BCUT2D eigenvalue weighted by atomic mass is 32.2. The molecule has 0 aliphatic heterocycles. The smallest absolute Gasteiger partial charge is 0.263 e. The first kappa shape index (κ1) is 14.1. The number of hydrogen-bond donors (Lipinski definition) is 2. The number of nitrogens with one attached hydrogen (secondary N) is 1. The fourth-order valence-electron chi connectivity index (χ4n) is 1.54. The maximum Gasteiger partial charge on any atom is 0.263 e. The number of hydrogen-bond acceptors (Lipinski definition) is 6. The second-order valence-electron chi connectivity index (χ2n) is 4.02. The summed E-state index contributed by atoms with van der Waals surface area (Å²) in [6, 6.07) is 7.27. The fraction of sp³-hybridized carbons (Fsp3) is 0.167. The number of nitrogens with two attached hydrogens (primary N) is 1. The second-order valence-corrected chi connectivity index (χ2v) is 5.70. The van der Waals surface area contributed by atoms with Crippen molar-refractivity contribution in [2.75, 3.05) is 17.6 Å². The van der Waals surface area contributed by atoms with Gasteiger partial charge in [0.2, 0.25) is 5.88 Å². The first-order valence-electron chi connectivity index (χ1n) is 5.69. The normalized spacial score (nSPS) is 11.1. The molecule has 0 aliphatic carbocycles. The summed E-state index contributed by atoms with van der Waals surface area (Å²) in [6.45, 7) is 1.64. The Morgan fingerprint density at radius 3 is 2.45 bits per heavy atom. The van der Waals surface area contributed by atoms with Crippen LogP contribution in [0.3, 0.4) is 0 Å². The lowest BCUT2D eigenvalue weighted by atomic mass is 10.3. The predicted molar refractivity (Wildman–Crippen MR) is 75.0 cm³/mol. The van der Waals surface area contributed by atoms with Crippen LogP contribution in [-0.4, -0.2) is 25.5 Å². The van der Waals surface area contributed by atoms with Gasteiger partial charge in [-0.2, -0.15) is 4.98 Å². The van der Waals surface area contributed by atoms with Gasteiger partial charge in [-0.25, -0.2) is 13.4 Å². The van der Waals surface area contributed by atoms with E-state index < -0.39 is 10.0 Å². The van der Waals surface area contributed by atoms with Crippen LogP contribution in [0, 0.1) is 6.92 Å². The number of anilines is 2. The molecular weight excluding hydrogens is 280 g/mol. The molecule has 1 heterocycles. The van der Waals surface area contributed by atoms with Crippen molar-refractivity contribution in [3.05, 3.63) is 36.2 Å². The fourth-order valence-corrected chi connectivity index (χ4v) is 2.53. The lowest BCUT2D eigenvalue weighted by molar-refractivity contribution is 0.396. The van der Waals surface area contributed by atoms with Gasteiger partial charge >= 0.3 is 0 Å². The maximum absolute atomic E-state index is 12.2. The largest absolute Gasteiger partial charge is 0.481 e. The average molecular weight is 294 g/mol. The quantitative estimate of drug-likeness (QED) is 0.820. The number of aryl methyl sites for hydroxylation is 1. The first-order valence-corrected chi connectivity index (χ1v) is 7.17. The third-order valence-electron chi connectivity index (χ3n) is 2.45. The number of aromatic nitrogens is 2. The van der Waals surface area contributed by atoms with Crippen molar-refractivity contribution >= 4 is 21.5 Å². The van der Waals surface area contributed by atoms with Crippen LogP contribution < -0.4 is 15.2 Å². The van der Waals surface area contributed by atoms with E-state index in [2.05, 4.69) is 14.7 Å². The molecule has 0 atom stereocenters. The number of benzene rings is 1. The third kappa shape index (κ3) is 3.15. The van der Waals surface area contributed by atoms with Crippen LogP contribution >= 0.6 is 0 Å². The average Bonchev–Trinajstić information content (AvgIpc) is 2.37. The van der Waals surface area contributed by atoms with E-state index in [0.29, 0.717) is 11.5 Å². The standard InChI is InChI=1S/C12H14N4O3S/c1-8-14-11(7-12(15-8)19-2)16-20(17,18)10-5-3-9(13)4-6-10/h3-7H,13H2,1-2H3,(H,14,15,16).